The van der Waals surface area contributed by atoms with Crippen LogP contribution in [0.15, 0.2) is 27.1 Å². The molecule has 0 radical (unpaired) electrons. The van der Waals surface area contributed by atoms with E-state index in [1.165, 1.54) is 0 Å². The van der Waals surface area contributed by atoms with Crippen LogP contribution in [0.3, 0.4) is 0 Å². The summed E-state index contributed by atoms with van der Waals surface area (Å²) < 4.78 is 6.78. The highest BCUT2D eigenvalue weighted by atomic mass is 79.9. The van der Waals surface area contributed by atoms with E-state index in [0.29, 0.717) is 10.2 Å². The highest BCUT2D eigenvalue weighted by molar-refractivity contribution is 9.11. The quantitative estimate of drug-likeness (QED) is 0.670. The number of aliphatic hydroxyl groups is 1. The normalized spacial score (nSPS) is 11.7. The van der Waals surface area contributed by atoms with Crippen LogP contribution < -0.4 is 10.1 Å². The van der Waals surface area contributed by atoms with E-state index in [4.69, 9.17) is 14.9 Å². The lowest BCUT2D eigenvalue weighted by atomic mass is 10.3. The van der Waals surface area contributed by atoms with Crippen LogP contribution in [0.1, 0.15) is 0 Å². The van der Waals surface area contributed by atoms with Gasteiger partial charge in [0, 0.05) is 4.47 Å². The third-order valence-electron chi connectivity index (χ3n) is 2.03. The van der Waals surface area contributed by atoms with Crippen molar-refractivity contribution >= 4 is 43.7 Å². The zero-order chi connectivity index (χ0) is 14.4. The molecule has 0 aliphatic heterocycles. The molecule has 0 saturated heterocycles. The number of carbonyl (C=O) groups is 2. The van der Waals surface area contributed by atoms with E-state index < -0.39 is 18.0 Å². The molecule has 0 heterocycles. The van der Waals surface area contributed by atoms with Crippen molar-refractivity contribution in [3.8, 4) is 5.75 Å². The van der Waals surface area contributed by atoms with Gasteiger partial charge in [-0.15, -0.1) is 0 Å². The van der Waals surface area contributed by atoms with Crippen molar-refractivity contribution in [3.63, 3.8) is 0 Å². The second kappa shape index (κ2) is 7.46. The summed E-state index contributed by atoms with van der Waals surface area (Å²) in [5.74, 6) is -1.43. The Labute approximate surface area is 126 Å². The maximum Gasteiger partial charge on any atom is 0.334 e. The first-order chi connectivity index (χ1) is 8.90. The fourth-order valence-electron chi connectivity index (χ4n) is 1.08. The molecule has 0 fully saturated rings. The van der Waals surface area contributed by atoms with Crippen LogP contribution in [0, 0.1) is 0 Å². The standard InChI is InChI=1S/C11H11Br2NO5/c12-6-1-2-9(7(13)3-6)19-5-10(16)14-4-8(15)11(17)18/h1-3,8,15H,4-5H2,(H,14,16)(H,17,18). The fraction of sp³-hybridized carbons (Fsp3) is 0.273. The molecule has 6 nitrogen and oxygen atoms in total. The van der Waals surface area contributed by atoms with Crippen LogP contribution in [0.2, 0.25) is 0 Å². The van der Waals surface area contributed by atoms with Crippen LogP contribution in [-0.4, -0.2) is 41.3 Å². The molecule has 0 aliphatic carbocycles. The topological polar surface area (TPSA) is 95.9 Å². The highest BCUT2D eigenvalue weighted by Gasteiger charge is 2.14. The number of amides is 1. The van der Waals surface area contributed by atoms with Crippen molar-refractivity contribution < 1.29 is 24.5 Å². The summed E-state index contributed by atoms with van der Waals surface area (Å²) in [5.41, 5.74) is 0. The monoisotopic (exact) mass is 395 g/mol. The zero-order valence-corrected chi connectivity index (χ0v) is 12.8. The van der Waals surface area contributed by atoms with E-state index in [1.807, 2.05) is 0 Å². The van der Waals surface area contributed by atoms with Gasteiger partial charge < -0.3 is 20.3 Å². The molecule has 0 aliphatic rings. The van der Waals surface area contributed by atoms with Gasteiger partial charge in [-0.1, -0.05) is 15.9 Å². The van der Waals surface area contributed by atoms with Crippen molar-refractivity contribution in [2.45, 2.75) is 6.10 Å². The summed E-state index contributed by atoms with van der Waals surface area (Å²) in [5, 5.41) is 19.6. The van der Waals surface area contributed by atoms with Crippen LogP contribution in [0.4, 0.5) is 0 Å². The Balaban J connectivity index is 2.40. The minimum atomic E-state index is -1.62. The van der Waals surface area contributed by atoms with Gasteiger partial charge in [-0.2, -0.15) is 0 Å². The van der Waals surface area contributed by atoms with Crippen molar-refractivity contribution in [2.75, 3.05) is 13.2 Å². The Bertz CT molecular complexity index is 480. The van der Waals surface area contributed by atoms with Crippen molar-refractivity contribution in [1.29, 1.82) is 0 Å². The molecule has 0 spiro atoms. The van der Waals surface area contributed by atoms with Gasteiger partial charge >= 0.3 is 5.97 Å². The number of hydrogen-bond donors (Lipinski definition) is 3. The molecule has 0 saturated carbocycles. The molecular formula is C11H11Br2NO5. The van der Waals surface area contributed by atoms with E-state index in [1.54, 1.807) is 18.2 Å². The molecular weight excluding hydrogens is 386 g/mol. The van der Waals surface area contributed by atoms with E-state index >= 15 is 0 Å². The van der Waals surface area contributed by atoms with Gasteiger partial charge in [0.05, 0.1) is 11.0 Å². The van der Waals surface area contributed by atoms with Gasteiger partial charge in [0.2, 0.25) is 0 Å². The number of hydrogen-bond acceptors (Lipinski definition) is 4. The number of aliphatic carboxylic acids is 1. The third-order valence-corrected chi connectivity index (χ3v) is 3.14. The molecule has 1 amide bonds. The highest BCUT2D eigenvalue weighted by Crippen LogP contribution is 2.27. The maximum atomic E-state index is 11.4. The second-order valence-corrected chi connectivity index (χ2v) is 5.29. The lowest BCUT2D eigenvalue weighted by Crippen LogP contribution is -2.38. The predicted molar refractivity (Wildman–Crippen MR) is 74.0 cm³/mol. The number of ether oxygens (including phenoxy) is 1. The van der Waals surface area contributed by atoms with Crippen LogP contribution >= 0.6 is 31.9 Å². The van der Waals surface area contributed by atoms with Crippen molar-refractivity contribution in [1.82, 2.24) is 5.32 Å². The lowest BCUT2D eigenvalue weighted by Gasteiger charge is -2.10. The molecule has 104 valence electrons. The zero-order valence-electron chi connectivity index (χ0n) is 9.60. The molecule has 1 aromatic carbocycles. The first-order valence-electron chi connectivity index (χ1n) is 5.15. The Morgan fingerprint density at radius 1 is 1.37 bits per heavy atom. The largest absolute Gasteiger partial charge is 0.483 e. The summed E-state index contributed by atoms with van der Waals surface area (Å²) in [6.45, 7) is -0.633. The Morgan fingerprint density at radius 3 is 2.63 bits per heavy atom. The number of aliphatic hydroxyl groups excluding tert-OH is 1. The molecule has 19 heavy (non-hydrogen) atoms. The summed E-state index contributed by atoms with van der Waals surface area (Å²) in [6, 6.07) is 5.20. The number of halogens is 2. The van der Waals surface area contributed by atoms with Gasteiger partial charge in [-0.3, -0.25) is 4.79 Å². The third kappa shape index (κ3) is 5.58. The average molecular weight is 397 g/mol. The van der Waals surface area contributed by atoms with E-state index in [0.717, 1.165) is 4.47 Å². The van der Waals surface area contributed by atoms with Gasteiger partial charge in [-0.25, -0.2) is 4.79 Å². The van der Waals surface area contributed by atoms with Crippen molar-refractivity contribution in [3.05, 3.63) is 27.1 Å². The Morgan fingerprint density at radius 2 is 2.05 bits per heavy atom. The molecule has 8 heteroatoms. The van der Waals surface area contributed by atoms with Gasteiger partial charge in [-0.05, 0) is 34.1 Å². The van der Waals surface area contributed by atoms with E-state index in [-0.39, 0.29) is 13.2 Å². The summed E-state index contributed by atoms with van der Waals surface area (Å²) in [4.78, 5) is 21.7. The summed E-state index contributed by atoms with van der Waals surface area (Å²) in [7, 11) is 0. The Kier molecular flexibility index (Phi) is 6.26. The van der Waals surface area contributed by atoms with E-state index in [2.05, 4.69) is 37.2 Å². The van der Waals surface area contributed by atoms with Crippen LogP contribution in [0.5, 0.6) is 5.75 Å². The SMILES string of the molecule is O=C(COc1ccc(Br)cc1Br)NCC(O)C(=O)O. The summed E-state index contributed by atoms with van der Waals surface area (Å²) in [6.07, 6.45) is -1.62. The first-order valence-corrected chi connectivity index (χ1v) is 6.74. The van der Waals surface area contributed by atoms with Gasteiger partial charge in [0.25, 0.3) is 5.91 Å². The Hall–Kier alpha value is -1.12. The molecule has 1 rings (SSSR count). The smallest absolute Gasteiger partial charge is 0.334 e. The van der Waals surface area contributed by atoms with Gasteiger partial charge in [0.1, 0.15) is 5.75 Å². The van der Waals surface area contributed by atoms with Crippen molar-refractivity contribution in [2.24, 2.45) is 0 Å². The predicted octanol–water partition coefficient (Wildman–Crippen LogP) is 1.15. The number of benzene rings is 1. The second-order valence-electron chi connectivity index (χ2n) is 3.52. The maximum absolute atomic E-state index is 11.4. The minimum absolute atomic E-state index is 0.271. The number of carboxylic acids is 1. The fourth-order valence-corrected chi connectivity index (χ4v) is 2.25. The molecule has 0 bridgehead atoms. The molecule has 1 unspecified atom stereocenters. The minimum Gasteiger partial charge on any atom is -0.483 e. The van der Waals surface area contributed by atoms with Gasteiger partial charge in [0.15, 0.2) is 12.7 Å². The first kappa shape index (κ1) is 15.9. The van der Waals surface area contributed by atoms with Crippen LogP contribution in [-0.2, 0) is 9.59 Å². The molecule has 1 aromatic rings. The number of carbonyl (C=O) groups excluding carboxylic acids is 1. The number of carboxylic acid groups (broad SMARTS) is 1. The summed E-state index contributed by atoms with van der Waals surface area (Å²) >= 11 is 6.56. The van der Waals surface area contributed by atoms with Crippen LogP contribution in [0.25, 0.3) is 0 Å². The molecule has 1 atom stereocenters. The number of nitrogens with one attached hydrogen (secondary N) is 1. The molecule has 3 N–H and O–H groups in total. The average Bonchev–Trinajstić information content (AvgIpc) is 2.34. The lowest BCUT2D eigenvalue weighted by molar-refractivity contribution is -0.146. The number of rotatable bonds is 6. The van der Waals surface area contributed by atoms with E-state index in [9.17, 15) is 9.59 Å². The molecule has 0 aromatic heterocycles.